The number of aryl methyl sites for hydroxylation is 1. The van der Waals surface area contributed by atoms with E-state index in [-0.39, 0.29) is 18.3 Å². The van der Waals surface area contributed by atoms with E-state index >= 15 is 0 Å². The third-order valence-electron chi connectivity index (χ3n) is 4.30. The van der Waals surface area contributed by atoms with E-state index in [1.54, 1.807) is 41.2 Å². The molecule has 0 aliphatic heterocycles. The summed E-state index contributed by atoms with van der Waals surface area (Å²) in [5.41, 5.74) is 2.93. The van der Waals surface area contributed by atoms with E-state index in [1.165, 1.54) is 5.56 Å². The molecule has 0 spiro atoms. The standard InChI is InChI=1S/C22H23N3O3/c1-3-20(26)18-8-10-19(11-9-18)28-15-22(27)24-21-12-13-23-25(21)14-17-6-4-16(2)5-7-17/h4-13H,3,14-15H2,1-2H3,(H,24,27). The molecule has 1 N–H and O–H groups in total. The van der Waals surface area contributed by atoms with Crippen molar-refractivity contribution >= 4 is 17.5 Å². The predicted octanol–water partition coefficient (Wildman–Crippen LogP) is 3.85. The van der Waals surface area contributed by atoms with E-state index in [4.69, 9.17) is 4.74 Å². The SMILES string of the molecule is CCC(=O)c1ccc(OCC(=O)Nc2ccnn2Cc2ccc(C)cc2)cc1. The quantitative estimate of drug-likeness (QED) is 0.605. The Balaban J connectivity index is 1.55. The number of hydrogen-bond acceptors (Lipinski definition) is 4. The van der Waals surface area contributed by atoms with Gasteiger partial charge in [-0.3, -0.25) is 9.59 Å². The zero-order valence-corrected chi connectivity index (χ0v) is 16.0. The van der Waals surface area contributed by atoms with Crippen molar-refractivity contribution in [1.29, 1.82) is 0 Å². The fourth-order valence-electron chi connectivity index (χ4n) is 2.70. The summed E-state index contributed by atoms with van der Waals surface area (Å²) in [5, 5.41) is 7.08. The van der Waals surface area contributed by atoms with Crippen LogP contribution in [0.5, 0.6) is 5.75 Å². The van der Waals surface area contributed by atoms with Crippen LogP contribution < -0.4 is 10.1 Å². The lowest BCUT2D eigenvalue weighted by atomic mass is 10.1. The van der Waals surface area contributed by atoms with Crippen molar-refractivity contribution in [3.8, 4) is 5.75 Å². The molecule has 6 nitrogen and oxygen atoms in total. The summed E-state index contributed by atoms with van der Waals surface area (Å²) in [6, 6.07) is 16.7. The van der Waals surface area contributed by atoms with Gasteiger partial charge in [0.25, 0.3) is 5.91 Å². The first-order valence-electron chi connectivity index (χ1n) is 9.18. The van der Waals surface area contributed by atoms with E-state index in [2.05, 4.69) is 10.4 Å². The van der Waals surface area contributed by atoms with Crippen molar-refractivity contribution < 1.29 is 14.3 Å². The fourth-order valence-corrected chi connectivity index (χ4v) is 2.70. The highest BCUT2D eigenvalue weighted by Gasteiger charge is 2.09. The Morgan fingerprint density at radius 3 is 2.43 bits per heavy atom. The number of Topliss-reactive ketones (excluding diaryl/α,β-unsaturated/α-hetero) is 1. The van der Waals surface area contributed by atoms with Gasteiger partial charge in [0.05, 0.1) is 12.7 Å². The predicted molar refractivity (Wildman–Crippen MR) is 108 cm³/mol. The lowest BCUT2D eigenvalue weighted by molar-refractivity contribution is -0.118. The van der Waals surface area contributed by atoms with Crippen LogP contribution in [0.1, 0.15) is 34.8 Å². The van der Waals surface area contributed by atoms with E-state index in [9.17, 15) is 9.59 Å². The fraction of sp³-hybridized carbons (Fsp3) is 0.227. The van der Waals surface area contributed by atoms with Crippen molar-refractivity contribution in [3.63, 3.8) is 0 Å². The molecule has 3 aromatic rings. The summed E-state index contributed by atoms with van der Waals surface area (Å²) in [6.07, 6.45) is 2.10. The topological polar surface area (TPSA) is 73.2 Å². The monoisotopic (exact) mass is 377 g/mol. The molecule has 2 aromatic carbocycles. The van der Waals surface area contributed by atoms with E-state index in [0.717, 1.165) is 5.56 Å². The van der Waals surface area contributed by atoms with Crippen LogP contribution in [0.4, 0.5) is 5.82 Å². The van der Waals surface area contributed by atoms with Crippen LogP contribution in [0.25, 0.3) is 0 Å². The van der Waals surface area contributed by atoms with Crippen molar-refractivity contribution in [3.05, 3.63) is 77.5 Å². The van der Waals surface area contributed by atoms with E-state index < -0.39 is 0 Å². The Morgan fingerprint density at radius 1 is 1.04 bits per heavy atom. The van der Waals surface area contributed by atoms with Gasteiger partial charge in [-0.25, -0.2) is 4.68 Å². The molecule has 0 saturated carbocycles. The molecule has 1 aromatic heterocycles. The third kappa shape index (κ3) is 5.07. The number of carbonyl (C=O) groups is 2. The molecule has 0 unspecified atom stereocenters. The summed E-state index contributed by atoms with van der Waals surface area (Å²) in [5.74, 6) is 0.944. The molecule has 0 radical (unpaired) electrons. The number of ketones is 1. The Morgan fingerprint density at radius 2 is 1.75 bits per heavy atom. The van der Waals surface area contributed by atoms with Gasteiger partial charge < -0.3 is 10.1 Å². The van der Waals surface area contributed by atoms with E-state index in [0.29, 0.717) is 30.1 Å². The van der Waals surface area contributed by atoms with Crippen LogP contribution in [0.15, 0.2) is 60.8 Å². The van der Waals surface area contributed by atoms with Crippen molar-refractivity contribution in [1.82, 2.24) is 9.78 Å². The zero-order chi connectivity index (χ0) is 19.9. The van der Waals surface area contributed by atoms with Crippen LogP contribution in [-0.2, 0) is 11.3 Å². The zero-order valence-electron chi connectivity index (χ0n) is 16.0. The molecule has 1 amide bonds. The minimum Gasteiger partial charge on any atom is -0.484 e. The summed E-state index contributed by atoms with van der Waals surface area (Å²) < 4.78 is 7.23. The minimum atomic E-state index is -0.278. The average molecular weight is 377 g/mol. The first-order valence-corrected chi connectivity index (χ1v) is 9.18. The number of nitrogens with zero attached hydrogens (tertiary/aromatic N) is 2. The number of nitrogens with one attached hydrogen (secondary N) is 1. The van der Waals surface area contributed by atoms with Crippen LogP contribution in [-0.4, -0.2) is 28.1 Å². The highest BCUT2D eigenvalue weighted by Crippen LogP contribution is 2.14. The van der Waals surface area contributed by atoms with Gasteiger partial charge in [-0.15, -0.1) is 0 Å². The largest absolute Gasteiger partial charge is 0.484 e. The molecule has 144 valence electrons. The minimum absolute atomic E-state index is 0.0751. The van der Waals surface area contributed by atoms with Gasteiger partial charge in [-0.05, 0) is 36.8 Å². The second kappa shape index (κ2) is 8.99. The van der Waals surface area contributed by atoms with Gasteiger partial charge in [-0.1, -0.05) is 36.8 Å². The Bertz CT molecular complexity index is 944. The van der Waals surface area contributed by atoms with Crippen LogP contribution in [0.3, 0.4) is 0 Å². The first kappa shape index (κ1) is 19.4. The average Bonchev–Trinajstić information content (AvgIpc) is 3.14. The maximum absolute atomic E-state index is 12.2. The maximum Gasteiger partial charge on any atom is 0.263 e. The Hall–Kier alpha value is -3.41. The third-order valence-corrected chi connectivity index (χ3v) is 4.30. The molecule has 0 saturated heterocycles. The molecule has 1 heterocycles. The molecule has 28 heavy (non-hydrogen) atoms. The van der Waals surface area contributed by atoms with Gasteiger partial charge in [-0.2, -0.15) is 5.10 Å². The molecular formula is C22H23N3O3. The summed E-state index contributed by atoms with van der Waals surface area (Å²) >= 11 is 0. The molecule has 0 bridgehead atoms. The molecule has 0 aliphatic rings. The number of hydrogen-bond donors (Lipinski definition) is 1. The second-order valence-corrected chi connectivity index (χ2v) is 6.50. The van der Waals surface area contributed by atoms with Crippen molar-refractivity contribution in [2.75, 3.05) is 11.9 Å². The number of ether oxygens (including phenoxy) is 1. The van der Waals surface area contributed by atoms with Gasteiger partial charge in [0.2, 0.25) is 0 Å². The smallest absolute Gasteiger partial charge is 0.263 e. The Kier molecular flexibility index (Phi) is 6.22. The van der Waals surface area contributed by atoms with Crippen LogP contribution in [0.2, 0.25) is 0 Å². The van der Waals surface area contributed by atoms with Gasteiger partial charge in [0, 0.05) is 18.1 Å². The van der Waals surface area contributed by atoms with Crippen molar-refractivity contribution in [2.24, 2.45) is 0 Å². The maximum atomic E-state index is 12.2. The summed E-state index contributed by atoms with van der Waals surface area (Å²) in [6.45, 7) is 4.30. The number of amides is 1. The molecular weight excluding hydrogens is 354 g/mol. The molecule has 6 heteroatoms. The summed E-state index contributed by atoms with van der Waals surface area (Å²) in [4.78, 5) is 23.9. The van der Waals surface area contributed by atoms with Gasteiger partial charge in [0.15, 0.2) is 12.4 Å². The highest BCUT2D eigenvalue weighted by molar-refractivity contribution is 5.96. The molecule has 0 fully saturated rings. The Labute approximate surface area is 164 Å². The number of carbonyl (C=O) groups excluding carboxylic acids is 2. The number of anilines is 1. The lowest BCUT2D eigenvalue weighted by Gasteiger charge is -2.10. The molecule has 0 atom stereocenters. The van der Waals surface area contributed by atoms with Gasteiger partial charge in [0.1, 0.15) is 11.6 Å². The normalized spacial score (nSPS) is 10.5. The lowest BCUT2D eigenvalue weighted by Crippen LogP contribution is -2.22. The van der Waals surface area contributed by atoms with Crippen LogP contribution >= 0.6 is 0 Å². The number of benzene rings is 2. The van der Waals surface area contributed by atoms with Gasteiger partial charge >= 0.3 is 0 Å². The highest BCUT2D eigenvalue weighted by atomic mass is 16.5. The van der Waals surface area contributed by atoms with Crippen molar-refractivity contribution in [2.45, 2.75) is 26.8 Å². The first-order chi connectivity index (χ1) is 13.5. The summed E-state index contributed by atoms with van der Waals surface area (Å²) in [7, 11) is 0. The molecule has 0 aliphatic carbocycles. The number of aromatic nitrogens is 2. The van der Waals surface area contributed by atoms with E-state index in [1.807, 2.05) is 38.1 Å². The molecule has 3 rings (SSSR count). The van der Waals surface area contributed by atoms with Crippen LogP contribution in [0, 0.1) is 6.92 Å². The second-order valence-electron chi connectivity index (χ2n) is 6.50. The number of rotatable bonds is 8.